The molecule has 0 spiro atoms. The van der Waals surface area contributed by atoms with Gasteiger partial charge in [0.25, 0.3) is 5.69 Å². The van der Waals surface area contributed by atoms with Gasteiger partial charge in [-0.3, -0.25) is 10.1 Å². The maximum atomic E-state index is 11.3. The van der Waals surface area contributed by atoms with Gasteiger partial charge in [0.15, 0.2) is 0 Å². The van der Waals surface area contributed by atoms with Crippen LogP contribution in [-0.2, 0) is 4.79 Å². The van der Waals surface area contributed by atoms with E-state index in [1.54, 1.807) is 6.92 Å². The van der Waals surface area contributed by atoms with E-state index in [0.29, 0.717) is 0 Å². The number of hydrogen-bond donors (Lipinski definition) is 1. The number of carboxylic acid groups (broad SMARTS) is 1. The molecule has 20 heavy (non-hydrogen) atoms. The molecule has 0 unspecified atom stereocenters. The Kier molecular flexibility index (Phi) is 4.30. The molecule has 7 heteroatoms. The molecule has 0 aliphatic carbocycles. The largest absolute Gasteiger partial charge is 0.480 e. The van der Waals surface area contributed by atoms with E-state index in [1.165, 1.54) is 30.9 Å². The average molecular weight is 277 g/mol. The Morgan fingerprint density at radius 3 is 2.55 bits per heavy atom. The zero-order chi connectivity index (χ0) is 15.5. The monoisotopic (exact) mass is 277 g/mol. The van der Waals surface area contributed by atoms with Crippen molar-refractivity contribution in [3.05, 3.63) is 33.9 Å². The van der Waals surface area contributed by atoms with Crippen molar-refractivity contribution < 1.29 is 14.8 Å². The van der Waals surface area contributed by atoms with E-state index in [-0.39, 0.29) is 23.5 Å². The van der Waals surface area contributed by atoms with Gasteiger partial charge in [-0.15, -0.1) is 0 Å². The predicted molar refractivity (Wildman–Crippen MR) is 72.5 cm³/mol. The van der Waals surface area contributed by atoms with Crippen LogP contribution >= 0.6 is 0 Å². The second kappa shape index (κ2) is 5.57. The second-order valence-electron chi connectivity index (χ2n) is 4.68. The number of nitro groups is 1. The summed E-state index contributed by atoms with van der Waals surface area (Å²) >= 11 is 0. The Balaban J connectivity index is 3.47. The lowest BCUT2D eigenvalue weighted by Gasteiger charge is -2.35. The molecule has 0 heterocycles. The van der Waals surface area contributed by atoms with Crippen molar-refractivity contribution in [3.63, 3.8) is 0 Å². The van der Waals surface area contributed by atoms with Crippen LogP contribution in [0.5, 0.6) is 0 Å². The number of carboxylic acids is 1. The van der Waals surface area contributed by atoms with E-state index >= 15 is 0 Å². The lowest BCUT2D eigenvalue weighted by atomic mass is 10.0. The second-order valence-corrected chi connectivity index (χ2v) is 4.68. The van der Waals surface area contributed by atoms with Crippen molar-refractivity contribution in [3.8, 4) is 6.07 Å². The van der Waals surface area contributed by atoms with Crippen LogP contribution in [0, 0.1) is 21.4 Å². The van der Waals surface area contributed by atoms with E-state index in [2.05, 4.69) is 0 Å². The van der Waals surface area contributed by atoms with Crippen LogP contribution < -0.4 is 4.90 Å². The van der Waals surface area contributed by atoms with Crippen molar-refractivity contribution in [2.45, 2.75) is 26.3 Å². The molecule has 0 radical (unpaired) electrons. The molecule has 106 valence electrons. The van der Waals surface area contributed by atoms with Gasteiger partial charge >= 0.3 is 5.97 Å². The van der Waals surface area contributed by atoms with E-state index in [1.807, 2.05) is 6.07 Å². The summed E-state index contributed by atoms with van der Waals surface area (Å²) in [6, 6.07) is 5.82. The van der Waals surface area contributed by atoms with Gasteiger partial charge in [-0.25, -0.2) is 4.79 Å². The van der Waals surface area contributed by atoms with Gasteiger partial charge in [-0.2, -0.15) is 5.26 Å². The first-order valence-electron chi connectivity index (χ1n) is 5.95. The summed E-state index contributed by atoms with van der Waals surface area (Å²) in [5.41, 5.74) is -1.23. The number of carbonyl (C=O) groups is 1. The van der Waals surface area contributed by atoms with Crippen molar-refractivity contribution in [2.24, 2.45) is 0 Å². The lowest BCUT2D eigenvalue weighted by molar-refractivity contribution is -0.384. The fourth-order valence-corrected chi connectivity index (χ4v) is 1.95. The van der Waals surface area contributed by atoms with Crippen LogP contribution in [0.25, 0.3) is 0 Å². The first kappa shape index (κ1) is 15.4. The molecule has 0 atom stereocenters. The normalized spacial score (nSPS) is 10.7. The molecule has 0 amide bonds. The maximum Gasteiger partial charge on any atom is 0.328 e. The number of benzene rings is 1. The van der Waals surface area contributed by atoms with Crippen molar-refractivity contribution in [1.82, 2.24) is 0 Å². The number of hydrogen-bond acceptors (Lipinski definition) is 5. The van der Waals surface area contributed by atoms with Gasteiger partial charge in [0.2, 0.25) is 0 Å². The third-order valence-electron chi connectivity index (χ3n) is 3.11. The third kappa shape index (κ3) is 2.69. The fourth-order valence-electron chi connectivity index (χ4n) is 1.95. The van der Waals surface area contributed by atoms with Gasteiger partial charge < -0.3 is 10.0 Å². The van der Waals surface area contributed by atoms with E-state index in [4.69, 9.17) is 5.26 Å². The predicted octanol–water partition coefficient (Wildman–Crippen LogP) is 2.16. The number of rotatable bonds is 5. The Morgan fingerprint density at radius 2 is 2.15 bits per heavy atom. The highest BCUT2D eigenvalue weighted by atomic mass is 16.6. The van der Waals surface area contributed by atoms with Crippen LogP contribution in [0.4, 0.5) is 11.4 Å². The SMILES string of the molecule is CCN(c1ccc(C#N)cc1[N+](=O)[O-])C(C)(C)C(=O)O. The average Bonchev–Trinajstić information content (AvgIpc) is 2.39. The molecule has 0 fully saturated rings. The molecule has 1 rings (SSSR count). The summed E-state index contributed by atoms with van der Waals surface area (Å²) in [6.07, 6.45) is 0. The number of likely N-dealkylation sites (N-methyl/N-ethyl adjacent to an activating group) is 1. The summed E-state index contributed by atoms with van der Waals surface area (Å²) in [7, 11) is 0. The zero-order valence-corrected chi connectivity index (χ0v) is 11.5. The molecule has 7 nitrogen and oxygen atoms in total. The van der Waals surface area contributed by atoms with E-state index < -0.39 is 16.4 Å². The van der Waals surface area contributed by atoms with Crippen molar-refractivity contribution >= 4 is 17.3 Å². The minimum Gasteiger partial charge on any atom is -0.480 e. The topological polar surface area (TPSA) is 107 Å². The van der Waals surface area contributed by atoms with Gasteiger partial charge in [0.1, 0.15) is 11.2 Å². The first-order chi connectivity index (χ1) is 9.25. The highest BCUT2D eigenvalue weighted by Crippen LogP contribution is 2.33. The van der Waals surface area contributed by atoms with Gasteiger partial charge in [0, 0.05) is 12.6 Å². The van der Waals surface area contributed by atoms with Crippen LogP contribution in [0.2, 0.25) is 0 Å². The van der Waals surface area contributed by atoms with Crippen molar-refractivity contribution in [2.75, 3.05) is 11.4 Å². The molecule has 1 aromatic rings. The minimum absolute atomic E-state index is 0.157. The number of nitrogens with zero attached hydrogens (tertiary/aromatic N) is 3. The zero-order valence-electron chi connectivity index (χ0n) is 11.5. The highest BCUT2D eigenvalue weighted by molar-refractivity contribution is 5.84. The summed E-state index contributed by atoms with van der Waals surface area (Å²) in [5, 5.41) is 29.2. The molecule has 0 aromatic heterocycles. The van der Waals surface area contributed by atoms with Gasteiger partial charge in [-0.1, -0.05) is 0 Å². The Morgan fingerprint density at radius 1 is 1.55 bits per heavy atom. The lowest BCUT2D eigenvalue weighted by Crippen LogP contribution is -2.50. The molecular weight excluding hydrogens is 262 g/mol. The van der Waals surface area contributed by atoms with Gasteiger partial charge in [0.05, 0.1) is 16.6 Å². The van der Waals surface area contributed by atoms with Crippen LogP contribution in [0.1, 0.15) is 26.3 Å². The smallest absolute Gasteiger partial charge is 0.328 e. The Hall–Kier alpha value is -2.62. The molecule has 0 aliphatic heterocycles. The Labute approximate surface area is 116 Å². The van der Waals surface area contributed by atoms with E-state index in [0.717, 1.165) is 6.07 Å². The van der Waals surface area contributed by atoms with Crippen LogP contribution in [0.3, 0.4) is 0 Å². The summed E-state index contributed by atoms with van der Waals surface area (Å²) < 4.78 is 0. The van der Waals surface area contributed by atoms with Crippen LogP contribution in [0.15, 0.2) is 18.2 Å². The first-order valence-corrected chi connectivity index (χ1v) is 5.95. The molecule has 1 N–H and O–H groups in total. The maximum absolute atomic E-state index is 11.3. The summed E-state index contributed by atoms with van der Waals surface area (Å²) in [4.78, 5) is 23.3. The Bertz CT molecular complexity index is 590. The number of anilines is 1. The number of aliphatic carboxylic acids is 1. The molecule has 0 saturated heterocycles. The minimum atomic E-state index is -1.30. The number of nitriles is 1. The van der Waals surface area contributed by atoms with Crippen LogP contribution in [-0.4, -0.2) is 28.1 Å². The van der Waals surface area contributed by atoms with Crippen molar-refractivity contribution in [1.29, 1.82) is 5.26 Å². The summed E-state index contributed by atoms with van der Waals surface area (Å²) in [5.74, 6) is -1.09. The quantitative estimate of drug-likeness (QED) is 0.652. The highest BCUT2D eigenvalue weighted by Gasteiger charge is 2.36. The molecule has 0 saturated carbocycles. The number of nitro benzene ring substituents is 1. The molecule has 1 aromatic carbocycles. The van der Waals surface area contributed by atoms with Gasteiger partial charge in [-0.05, 0) is 32.9 Å². The third-order valence-corrected chi connectivity index (χ3v) is 3.11. The summed E-state index contributed by atoms with van der Waals surface area (Å²) in [6.45, 7) is 4.94. The molecular formula is C13H15N3O4. The molecule has 0 aliphatic rings. The van der Waals surface area contributed by atoms with E-state index in [9.17, 15) is 20.0 Å². The molecule has 0 bridgehead atoms. The fraction of sp³-hybridized carbons (Fsp3) is 0.385. The standard InChI is InChI=1S/C13H15N3O4/c1-4-15(13(2,3)12(17)18)10-6-5-9(8-14)7-11(10)16(19)20/h5-7H,4H2,1-3H3,(H,17,18).